The van der Waals surface area contributed by atoms with Crippen LogP contribution in [0.15, 0.2) is 0 Å². The highest BCUT2D eigenvalue weighted by molar-refractivity contribution is 6.71. The van der Waals surface area contributed by atoms with Gasteiger partial charge in [0.15, 0.2) is 41.6 Å². The summed E-state index contributed by atoms with van der Waals surface area (Å²) in [6, 6.07) is 0. The summed E-state index contributed by atoms with van der Waals surface area (Å²) in [4.78, 5) is 0. The van der Waals surface area contributed by atoms with Gasteiger partial charge in [-0.1, -0.05) is 0 Å². The van der Waals surface area contributed by atoms with Gasteiger partial charge in [-0.25, -0.2) is 0 Å². The number of hydrogen-bond donors (Lipinski definition) is 0. The van der Waals surface area contributed by atoms with Crippen LogP contribution in [0.3, 0.4) is 0 Å². The highest BCUT2D eigenvalue weighted by Crippen LogP contribution is 2.28. The molecule has 0 aromatic heterocycles. The number of methoxy groups -OCH3 is 1. The summed E-state index contributed by atoms with van der Waals surface area (Å²) >= 11 is 0. The molecule has 0 radical (unpaired) electrons. The fourth-order valence-electron chi connectivity index (χ4n) is 3.32. The second-order valence-electron chi connectivity index (χ2n) is 13.8. The third-order valence-electron chi connectivity index (χ3n) is 4.06. The summed E-state index contributed by atoms with van der Waals surface area (Å²) < 4.78 is 39.3. The predicted octanol–water partition coefficient (Wildman–Crippen LogP) is 6.36. The van der Waals surface area contributed by atoms with E-state index >= 15 is 0 Å². The molecule has 0 N–H and O–H groups in total. The molecule has 11 heteroatoms. The van der Waals surface area contributed by atoms with Gasteiger partial charge in [-0.3, -0.25) is 0 Å². The van der Waals surface area contributed by atoms with Gasteiger partial charge in [0.05, 0.1) is 37.6 Å². The lowest BCUT2D eigenvalue weighted by atomic mass is 10.0. The van der Waals surface area contributed by atoms with Crippen LogP contribution < -0.4 is 0 Å². The first-order chi connectivity index (χ1) is 14.4. The molecule has 0 aliphatic carbocycles. The van der Waals surface area contributed by atoms with Gasteiger partial charge in [-0.15, -0.1) is 0 Å². The maximum Gasteiger partial charge on any atom is 0.184 e. The minimum Gasteiger partial charge on any atom is -0.415 e. The van der Waals surface area contributed by atoms with E-state index in [1.807, 2.05) is 0 Å². The van der Waals surface area contributed by atoms with Gasteiger partial charge in [0.2, 0.25) is 0 Å². The Morgan fingerprint density at radius 1 is 0.424 bits per heavy atom. The van der Waals surface area contributed by atoms with Crippen LogP contribution >= 0.6 is 0 Å². The lowest BCUT2D eigenvalue weighted by Gasteiger charge is -2.45. The molecule has 0 bridgehead atoms. The van der Waals surface area contributed by atoms with E-state index in [1.54, 1.807) is 7.11 Å². The summed E-state index contributed by atoms with van der Waals surface area (Å²) in [6.07, 6.45) is -1.03. The third-order valence-corrected chi connectivity index (χ3v) is 9.07. The Morgan fingerprint density at radius 2 is 0.727 bits per heavy atom. The maximum atomic E-state index is 6.91. The number of hydrogen-bond acceptors (Lipinski definition) is 6. The standard InChI is InChI=1S/C22H56O6Si5/c1-23-17-19(25-30(5,6)7)21(27-32(11,12)13)22(28-33(14,15)16)20(26-31(8,9)10)18-24-29(2,3)4/h19-22H,17-18H2,1-16H3/t19-,20+,21+,22+/m0/s1. The molecular weight excluding hydrogens is 501 g/mol. The average molecular weight is 557 g/mol. The van der Waals surface area contributed by atoms with Crippen LogP contribution in [0.25, 0.3) is 0 Å². The van der Waals surface area contributed by atoms with Gasteiger partial charge in [0, 0.05) is 7.11 Å². The summed E-state index contributed by atoms with van der Waals surface area (Å²) in [5.74, 6) is 0. The molecule has 0 saturated heterocycles. The van der Waals surface area contributed by atoms with E-state index in [0.717, 1.165) is 0 Å². The largest absolute Gasteiger partial charge is 0.415 e. The normalized spacial score (nSPS) is 18.2. The first-order valence-corrected chi connectivity index (χ1v) is 29.3. The van der Waals surface area contributed by atoms with Crippen LogP contribution in [0, 0.1) is 0 Å². The highest BCUT2D eigenvalue weighted by atomic mass is 28.4. The molecule has 0 spiro atoms. The lowest BCUT2D eigenvalue weighted by Crippen LogP contribution is -2.60. The van der Waals surface area contributed by atoms with Crippen molar-refractivity contribution in [2.75, 3.05) is 20.3 Å². The molecule has 0 aliphatic rings. The summed E-state index contributed by atoms with van der Waals surface area (Å²) in [7, 11) is -7.70. The maximum absolute atomic E-state index is 6.91. The van der Waals surface area contributed by atoms with Crippen LogP contribution in [-0.2, 0) is 26.9 Å². The molecule has 0 aromatic rings. The van der Waals surface area contributed by atoms with Crippen LogP contribution in [-0.4, -0.2) is 86.3 Å². The van der Waals surface area contributed by atoms with E-state index < -0.39 is 41.6 Å². The SMILES string of the molecule is COC[C@H](O[Si](C)(C)C)[C@@H](O[Si](C)(C)C)[C@H](O[Si](C)(C)C)[C@@H](CO[Si](C)(C)C)O[Si](C)(C)C. The van der Waals surface area contributed by atoms with Gasteiger partial charge in [-0.2, -0.15) is 0 Å². The molecule has 200 valence electrons. The van der Waals surface area contributed by atoms with E-state index in [0.29, 0.717) is 13.2 Å². The Kier molecular flexibility index (Phi) is 13.2. The van der Waals surface area contributed by atoms with Crippen LogP contribution in [0.5, 0.6) is 0 Å². The van der Waals surface area contributed by atoms with Gasteiger partial charge >= 0.3 is 0 Å². The van der Waals surface area contributed by atoms with Gasteiger partial charge in [-0.05, 0) is 98.2 Å². The molecule has 0 fully saturated rings. The summed E-state index contributed by atoms with van der Waals surface area (Å²) in [5, 5.41) is 0. The van der Waals surface area contributed by atoms with Gasteiger partial charge in [0.1, 0.15) is 0 Å². The van der Waals surface area contributed by atoms with Crippen molar-refractivity contribution in [3.05, 3.63) is 0 Å². The van der Waals surface area contributed by atoms with Crippen molar-refractivity contribution in [1.82, 2.24) is 0 Å². The topological polar surface area (TPSA) is 55.4 Å². The number of rotatable bonds is 16. The molecule has 4 atom stereocenters. The minimum absolute atomic E-state index is 0.221. The Balaban J connectivity index is 6.59. The molecule has 33 heavy (non-hydrogen) atoms. The first-order valence-electron chi connectivity index (χ1n) is 12.3. The monoisotopic (exact) mass is 556 g/mol. The first kappa shape index (κ1) is 33.8. The molecule has 6 nitrogen and oxygen atoms in total. The average Bonchev–Trinajstić information content (AvgIpc) is 2.49. The lowest BCUT2D eigenvalue weighted by molar-refractivity contribution is -0.101. The van der Waals surface area contributed by atoms with E-state index in [2.05, 4.69) is 98.2 Å². The smallest absolute Gasteiger partial charge is 0.184 e. The van der Waals surface area contributed by atoms with Crippen LogP contribution in [0.4, 0.5) is 0 Å². The molecule has 0 aromatic carbocycles. The van der Waals surface area contributed by atoms with Crippen molar-refractivity contribution in [3.63, 3.8) is 0 Å². The Morgan fingerprint density at radius 3 is 0.970 bits per heavy atom. The molecule has 0 amide bonds. The van der Waals surface area contributed by atoms with Crippen molar-refractivity contribution >= 4 is 41.6 Å². The van der Waals surface area contributed by atoms with Crippen molar-refractivity contribution < 1.29 is 26.9 Å². The fraction of sp³-hybridized carbons (Fsp3) is 1.00. The van der Waals surface area contributed by atoms with Crippen molar-refractivity contribution in [2.24, 2.45) is 0 Å². The highest BCUT2D eigenvalue weighted by Gasteiger charge is 2.45. The van der Waals surface area contributed by atoms with E-state index in [1.165, 1.54) is 0 Å². The Labute approximate surface area is 211 Å². The molecular formula is C22H56O6Si5. The molecule has 0 heterocycles. The summed E-state index contributed by atoms with van der Waals surface area (Å²) in [5.41, 5.74) is 0. The van der Waals surface area contributed by atoms with Gasteiger partial charge < -0.3 is 26.9 Å². The fourth-order valence-corrected chi connectivity index (χ4v) is 8.41. The second-order valence-corrected chi connectivity index (χ2v) is 36.2. The quantitative estimate of drug-likeness (QED) is 0.206. The van der Waals surface area contributed by atoms with Crippen molar-refractivity contribution in [2.45, 2.75) is 123 Å². The van der Waals surface area contributed by atoms with E-state index in [-0.39, 0.29) is 24.4 Å². The second kappa shape index (κ2) is 12.9. The Hall–Kier alpha value is 0.844. The number of ether oxygens (including phenoxy) is 1. The van der Waals surface area contributed by atoms with Crippen molar-refractivity contribution in [1.29, 1.82) is 0 Å². The van der Waals surface area contributed by atoms with Gasteiger partial charge in [0.25, 0.3) is 0 Å². The van der Waals surface area contributed by atoms with Crippen LogP contribution in [0.2, 0.25) is 98.2 Å². The zero-order valence-electron chi connectivity index (χ0n) is 24.7. The predicted molar refractivity (Wildman–Crippen MR) is 154 cm³/mol. The zero-order chi connectivity index (χ0) is 26.5. The summed E-state index contributed by atoms with van der Waals surface area (Å²) in [6.45, 7) is 34.2. The molecule has 0 unspecified atom stereocenters. The van der Waals surface area contributed by atoms with Crippen molar-refractivity contribution in [3.8, 4) is 0 Å². The molecule has 0 rings (SSSR count). The Bertz CT molecular complexity index is 558. The molecule has 0 saturated carbocycles. The molecule has 0 aliphatic heterocycles. The zero-order valence-corrected chi connectivity index (χ0v) is 29.7. The minimum atomic E-state index is -1.96. The third kappa shape index (κ3) is 17.8. The van der Waals surface area contributed by atoms with E-state index in [4.69, 9.17) is 26.9 Å². The van der Waals surface area contributed by atoms with Crippen LogP contribution in [0.1, 0.15) is 0 Å². The van der Waals surface area contributed by atoms with E-state index in [9.17, 15) is 0 Å².